The number of pyridine rings is 1. The third-order valence-electron chi connectivity index (χ3n) is 2.10. The van der Waals surface area contributed by atoms with E-state index in [0.717, 1.165) is 9.99 Å². The highest BCUT2D eigenvalue weighted by atomic mass is 79.9. The largest absolute Gasteiger partial charge is 0.465 e. The number of aromatic nitrogens is 2. The highest BCUT2D eigenvalue weighted by molar-refractivity contribution is 9.10. The first-order valence-corrected chi connectivity index (χ1v) is 4.92. The highest BCUT2D eigenvalue weighted by Crippen LogP contribution is 2.24. The molecule has 0 bridgehead atoms. The second-order valence-electron chi connectivity index (χ2n) is 2.93. The van der Waals surface area contributed by atoms with Crippen LogP contribution >= 0.6 is 15.9 Å². The topological polar surface area (TPSA) is 69.6 Å². The summed E-state index contributed by atoms with van der Waals surface area (Å²) in [5.41, 5.74) is 6.93. The highest BCUT2D eigenvalue weighted by Gasteiger charge is 2.15. The first-order chi connectivity index (χ1) is 7.15. The SMILES string of the molecule is COC(=O)c1cc(Br)c2cncn2c1N. The molecule has 0 saturated heterocycles. The van der Waals surface area contributed by atoms with Crippen LogP contribution in [-0.2, 0) is 4.74 Å². The zero-order valence-electron chi connectivity index (χ0n) is 7.90. The maximum atomic E-state index is 11.4. The van der Waals surface area contributed by atoms with Gasteiger partial charge in [-0.25, -0.2) is 9.78 Å². The van der Waals surface area contributed by atoms with Crippen molar-refractivity contribution >= 4 is 33.2 Å². The fourth-order valence-electron chi connectivity index (χ4n) is 1.34. The third-order valence-corrected chi connectivity index (χ3v) is 2.73. The zero-order valence-corrected chi connectivity index (χ0v) is 9.48. The molecule has 0 aliphatic rings. The summed E-state index contributed by atoms with van der Waals surface area (Å²) in [5.74, 6) is -0.152. The molecule has 5 nitrogen and oxygen atoms in total. The van der Waals surface area contributed by atoms with Gasteiger partial charge in [0, 0.05) is 4.47 Å². The summed E-state index contributed by atoms with van der Waals surface area (Å²) in [4.78, 5) is 15.3. The number of fused-ring (bicyclic) bond motifs is 1. The van der Waals surface area contributed by atoms with E-state index in [0.29, 0.717) is 11.4 Å². The Balaban J connectivity index is 2.76. The van der Waals surface area contributed by atoms with Crippen LogP contribution in [0.3, 0.4) is 0 Å². The van der Waals surface area contributed by atoms with Crippen molar-refractivity contribution in [2.45, 2.75) is 0 Å². The van der Waals surface area contributed by atoms with Gasteiger partial charge in [0.05, 0.1) is 18.8 Å². The molecule has 0 amide bonds. The molecule has 0 fully saturated rings. The van der Waals surface area contributed by atoms with Gasteiger partial charge in [0.25, 0.3) is 0 Å². The van der Waals surface area contributed by atoms with Crippen LogP contribution in [0.25, 0.3) is 5.52 Å². The van der Waals surface area contributed by atoms with E-state index in [1.54, 1.807) is 23.0 Å². The Labute approximate surface area is 94.0 Å². The van der Waals surface area contributed by atoms with E-state index in [9.17, 15) is 4.79 Å². The number of nitrogens with zero attached hydrogens (tertiary/aromatic N) is 2. The summed E-state index contributed by atoms with van der Waals surface area (Å²) in [6.45, 7) is 0. The van der Waals surface area contributed by atoms with Gasteiger partial charge in [-0.2, -0.15) is 0 Å². The van der Waals surface area contributed by atoms with Gasteiger partial charge in [0.2, 0.25) is 0 Å². The summed E-state index contributed by atoms with van der Waals surface area (Å²) in [6.07, 6.45) is 3.20. The number of ether oxygens (including phenoxy) is 1. The van der Waals surface area contributed by atoms with Gasteiger partial charge in [-0.05, 0) is 22.0 Å². The summed E-state index contributed by atoms with van der Waals surface area (Å²) in [5, 5.41) is 0. The van der Waals surface area contributed by atoms with Crippen LogP contribution < -0.4 is 5.73 Å². The van der Waals surface area contributed by atoms with Crippen LogP contribution in [0.15, 0.2) is 23.1 Å². The number of methoxy groups -OCH3 is 1. The number of carbonyl (C=O) groups excluding carboxylic acids is 1. The van der Waals surface area contributed by atoms with Gasteiger partial charge in [-0.1, -0.05) is 0 Å². The van der Waals surface area contributed by atoms with Crippen molar-refractivity contribution in [2.75, 3.05) is 12.8 Å². The van der Waals surface area contributed by atoms with Crippen molar-refractivity contribution in [1.29, 1.82) is 0 Å². The number of imidazole rings is 1. The molecule has 2 heterocycles. The minimum atomic E-state index is -0.469. The quantitative estimate of drug-likeness (QED) is 0.796. The van der Waals surface area contributed by atoms with Crippen molar-refractivity contribution in [3.05, 3.63) is 28.6 Å². The monoisotopic (exact) mass is 269 g/mol. The predicted octanol–water partition coefficient (Wildman–Crippen LogP) is 1.47. The number of carbonyl (C=O) groups is 1. The summed E-state index contributed by atoms with van der Waals surface area (Å²) in [7, 11) is 1.31. The molecule has 0 unspecified atom stereocenters. The van der Waals surface area contributed by atoms with Crippen LogP contribution in [-0.4, -0.2) is 22.5 Å². The Morgan fingerprint density at radius 3 is 3.07 bits per heavy atom. The van der Waals surface area contributed by atoms with Gasteiger partial charge in [-0.15, -0.1) is 0 Å². The second kappa shape index (κ2) is 3.54. The van der Waals surface area contributed by atoms with Crippen molar-refractivity contribution in [2.24, 2.45) is 0 Å². The van der Waals surface area contributed by atoms with Crippen LogP contribution in [0.2, 0.25) is 0 Å². The molecule has 6 heteroatoms. The third kappa shape index (κ3) is 1.46. The van der Waals surface area contributed by atoms with Crippen LogP contribution in [0.1, 0.15) is 10.4 Å². The van der Waals surface area contributed by atoms with Gasteiger partial charge in [-0.3, -0.25) is 4.40 Å². The number of halogens is 1. The van der Waals surface area contributed by atoms with Crippen LogP contribution in [0.5, 0.6) is 0 Å². The molecule has 2 rings (SSSR count). The van der Waals surface area contributed by atoms with E-state index in [-0.39, 0.29) is 0 Å². The molecule has 2 aromatic rings. The van der Waals surface area contributed by atoms with Crippen molar-refractivity contribution in [3.63, 3.8) is 0 Å². The lowest BCUT2D eigenvalue weighted by atomic mass is 10.2. The van der Waals surface area contributed by atoms with E-state index >= 15 is 0 Å². The Morgan fingerprint density at radius 2 is 2.40 bits per heavy atom. The molecule has 0 aliphatic heterocycles. The lowest BCUT2D eigenvalue weighted by Crippen LogP contribution is -2.09. The van der Waals surface area contributed by atoms with E-state index in [2.05, 4.69) is 25.7 Å². The minimum Gasteiger partial charge on any atom is -0.465 e. The molecule has 0 aliphatic carbocycles. The molecule has 2 aromatic heterocycles. The van der Waals surface area contributed by atoms with Gasteiger partial charge in [0.15, 0.2) is 0 Å². The standard InChI is InChI=1S/C9H8BrN3O2/c1-15-9(14)5-2-6(10)7-3-12-4-13(7)8(5)11/h2-4H,11H2,1H3. The Kier molecular flexibility index (Phi) is 2.36. The fraction of sp³-hybridized carbons (Fsp3) is 0.111. The van der Waals surface area contributed by atoms with Crippen molar-refractivity contribution < 1.29 is 9.53 Å². The van der Waals surface area contributed by atoms with E-state index in [1.807, 2.05) is 0 Å². The smallest absolute Gasteiger partial charge is 0.341 e. The predicted molar refractivity (Wildman–Crippen MR) is 58.6 cm³/mol. The molecule has 0 spiro atoms. The Hall–Kier alpha value is -1.56. The first kappa shape index (κ1) is 9.97. The van der Waals surface area contributed by atoms with Crippen LogP contribution in [0.4, 0.5) is 5.82 Å². The molecular formula is C9H8BrN3O2. The molecule has 2 N–H and O–H groups in total. The Bertz CT molecular complexity index is 535. The molecule has 15 heavy (non-hydrogen) atoms. The van der Waals surface area contributed by atoms with E-state index < -0.39 is 5.97 Å². The average molecular weight is 270 g/mol. The maximum Gasteiger partial charge on any atom is 0.341 e. The Morgan fingerprint density at radius 1 is 1.67 bits per heavy atom. The molecule has 0 saturated carbocycles. The molecule has 0 aromatic carbocycles. The first-order valence-electron chi connectivity index (χ1n) is 4.13. The summed E-state index contributed by atoms with van der Waals surface area (Å²) in [6, 6.07) is 1.62. The van der Waals surface area contributed by atoms with Crippen molar-refractivity contribution in [1.82, 2.24) is 9.38 Å². The molecule has 78 valence electrons. The number of hydrogen-bond donors (Lipinski definition) is 1. The van der Waals surface area contributed by atoms with Crippen LogP contribution in [0, 0.1) is 0 Å². The van der Waals surface area contributed by atoms with Gasteiger partial charge < -0.3 is 10.5 Å². The van der Waals surface area contributed by atoms with Gasteiger partial charge >= 0.3 is 5.97 Å². The lowest BCUT2D eigenvalue weighted by molar-refractivity contribution is 0.0601. The molecule has 0 atom stereocenters. The van der Waals surface area contributed by atoms with E-state index in [1.165, 1.54) is 7.11 Å². The second-order valence-corrected chi connectivity index (χ2v) is 3.79. The zero-order chi connectivity index (χ0) is 11.0. The number of esters is 1. The molecule has 0 radical (unpaired) electrons. The number of anilines is 1. The summed E-state index contributed by atoms with van der Waals surface area (Å²) < 4.78 is 6.99. The lowest BCUT2D eigenvalue weighted by Gasteiger charge is -2.07. The summed E-state index contributed by atoms with van der Waals surface area (Å²) >= 11 is 3.33. The number of nitrogens with two attached hydrogens (primary N) is 1. The van der Waals surface area contributed by atoms with Gasteiger partial charge in [0.1, 0.15) is 17.7 Å². The number of hydrogen-bond acceptors (Lipinski definition) is 4. The van der Waals surface area contributed by atoms with E-state index in [4.69, 9.17) is 5.73 Å². The number of nitrogen functional groups attached to an aromatic ring is 1. The average Bonchev–Trinajstić information content (AvgIpc) is 2.71. The van der Waals surface area contributed by atoms with Crippen molar-refractivity contribution in [3.8, 4) is 0 Å². The number of rotatable bonds is 1. The molecular weight excluding hydrogens is 262 g/mol. The minimum absolute atomic E-state index is 0.315. The normalized spacial score (nSPS) is 10.5. The maximum absolute atomic E-state index is 11.4. The fourth-order valence-corrected chi connectivity index (χ4v) is 1.86.